The molecule has 0 saturated heterocycles. The molecule has 62 valence electrons. The molecular formula is C9H9ClN2. The van der Waals surface area contributed by atoms with E-state index in [1.165, 1.54) is 5.56 Å². The maximum absolute atomic E-state index is 5.66. The first-order chi connectivity index (χ1) is 5.79. The number of alkyl halides is 1. The van der Waals surface area contributed by atoms with Gasteiger partial charge in [-0.15, -0.1) is 11.6 Å². The van der Waals surface area contributed by atoms with Crippen LogP contribution in [0.25, 0.3) is 5.65 Å². The highest BCUT2D eigenvalue weighted by Gasteiger charge is 1.98. The Morgan fingerprint density at radius 3 is 3.17 bits per heavy atom. The first-order valence-corrected chi connectivity index (χ1v) is 4.33. The van der Waals surface area contributed by atoms with Gasteiger partial charge in [-0.05, 0) is 24.6 Å². The number of halogens is 1. The number of aryl methyl sites for hydroxylation is 1. The summed E-state index contributed by atoms with van der Waals surface area (Å²) in [6.45, 7) is 2.05. The third kappa shape index (κ3) is 1.18. The average molecular weight is 181 g/mol. The molecule has 0 aliphatic carbocycles. The predicted molar refractivity (Wildman–Crippen MR) is 49.5 cm³/mol. The molecular weight excluding hydrogens is 172 g/mol. The summed E-state index contributed by atoms with van der Waals surface area (Å²) in [5, 5.41) is 0. The molecule has 0 radical (unpaired) electrons. The normalized spacial score (nSPS) is 10.8. The highest BCUT2D eigenvalue weighted by atomic mass is 35.5. The largest absolute Gasteiger partial charge is 0.307 e. The Bertz CT molecular complexity index is 406. The number of aromatic nitrogens is 2. The Morgan fingerprint density at radius 1 is 1.58 bits per heavy atom. The average Bonchev–Trinajstić information content (AvgIpc) is 2.46. The minimum absolute atomic E-state index is 0.473. The maximum atomic E-state index is 5.66. The van der Waals surface area contributed by atoms with E-state index in [-0.39, 0.29) is 0 Å². The lowest BCUT2D eigenvalue weighted by Gasteiger charge is -1.92. The van der Waals surface area contributed by atoms with E-state index < -0.39 is 0 Å². The van der Waals surface area contributed by atoms with Gasteiger partial charge in [-0.2, -0.15) is 0 Å². The Hall–Kier alpha value is -1.02. The standard InChI is InChI=1S/C9H9ClN2/c1-7-2-3-12-6-8(5-10)11-9(12)4-7/h2-4,6H,5H2,1H3. The zero-order valence-corrected chi connectivity index (χ0v) is 7.54. The van der Waals surface area contributed by atoms with Crippen molar-refractivity contribution in [1.82, 2.24) is 9.38 Å². The Kier molecular flexibility index (Phi) is 1.77. The Morgan fingerprint density at radius 2 is 2.42 bits per heavy atom. The number of hydrogen-bond acceptors (Lipinski definition) is 1. The maximum Gasteiger partial charge on any atom is 0.137 e. The van der Waals surface area contributed by atoms with Crippen molar-refractivity contribution in [1.29, 1.82) is 0 Å². The van der Waals surface area contributed by atoms with E-state index in [0.29, 0.717) is 5.88 Å². The van der Waals surface area contributed by atoms with Gasteiger partial charge in [0.2, 0.25) is 0 Å². The fourth-order valence-corrected chi connectivity index (χ4v) is 1.33. The molecule has 0 amide bonds. The van der Waals surface area contributed by atoms with Gasteiger partial charge < -0.3 is 4.40 Å². The molecule has 2 rings (SSSR count). The van der Waals surface area contributed by atoms with E-state index in [2.05, 4.69) is 11.9 Å². The van der Waals surface area contributed by atoms with Gasteiger partial charge in [0.15, 0.2) is 0 Å². The van der Waals surface area contributed by atoms with Crippen molar-refractivity contribution in [3.63, 3.8) is 0 Å². The number of hydrogen-bond donors (Lipinski definition) is 0. The molecule has 3 heteroatoms. The van der Waals surface area contributed by atoms with Crippen molar-refractivity contribution < 1.29 is 0 Å². The van der Waals surface area contributed by atoms with Crippen LogP contribution in [0.3, 0.4) is 0 Å². The van der Waals surface area contributed by atoms with Crippen LogP contribution >= 0.6 is 11.6 Å². The lowest BCUT2D eigenvalue weighted by atomic mass is 10.3. The summed E-state index contributed by atoms with van der Waals surface area (Å²) in [7, 11) is 0. The van der Waals surface area contributed by atoms with Crippen LogP contribution < -0.4 is 0 Å². The molecule has 12 heavy (non-hydrogen) atoms. The molecule has 0 aromatic carbocycles. The van der Waals surface area contributed by atoms with Crippen LogP contribution in [0.4, 0.5) is 0 Å². The van der Waals surface area contributed by atoms with Gasteiger partial charge in [-0.3, -0.25) is 0 Å². The van der Waals surface area contributed by atoms with Gasteiger partial charge in [0.05, 0.1) is 11.6 Å². The summed E-state index contributed by atoms with van der Waals surface area (Å²) in [5.41, 5.74) is 3.10. The molecule has 2 heterocycles. The molecule has 0 atom stereocenters. The molecule has 0 bridgehead atoms. The predicted octanol–water partition coefficient (Wildman–Crippen LogP) is 2.38. The molecule has 2 aromatic heterocycles. The smallest absolute Gasteiger partial charge is 0.137 e. The SMILES string of the molecule is Cc1ccn2cc(CCl)nc2c1. The lowest BCUT2D eigenvalue weighted by Crippen LogP contribution is -1.81. The van der Waals surface area contributed by atoms with Gasteiger partial charge in [-0.1, -0.05) is 0 Å². The highest BCUT2D eigenvalue weighted by Crippen LogP contribution is 2.08. The van der Waals surface area contributed by atoms with Crippen LogP contribution in [0.5, 0.6) is 0 Å². The fraction of sp³-hybridized carbons (Fsp3) is 0.222. The van der Waals surface area contributed by atoms with E-state index in [9.17, 15) is 0 Å². The number of rotatable bonds is 1. The van der Waals surface area contributed by atoms with Crippen LogP contribution in [0.1, 0.15) is 11.3 Å². The van der Waals surface area contributed by atoms with E-state index in [0.717, 1.165) is 11.3 Å². The zero-order valence-electron chi connectivity index (χ0n) is 6.79. The summed E-state index contributed by atoms with van der Waals surface area (Å²) < 4.78 is 1.98. The summed E-state index contributed by atoms with van der Waals surface area (Å²) in [5.74, 6) is 0.473. The molecule has 0 aliphatic rings. The molecule has 2 nitrogen and oxygen atoms in total. The quantitative estimate of drug-likeness (QED) is 0.616. The second kappa shape index (κ2) is 2.79. The van der Waals surface area contributed by atoms with Gasteiger partial charge in [0, 0.05) is 12.4 Å². The van der Waals surface area contributed by atoms with Crippen LogP contribution in [0, 0.1) is 6.92 Å². The van der Waals surface area contributed by atoms with Crippen molar-refractivity contribution in [3.8, 4) is 0 Å². The number of imidazole rings is 1. The fourth-order valence-electron chi connectivity index (χ4n) is 1.20. The monoisotopic (exact) mass is 180 g/mol. The summed E-state index contributed by atoms with van der Waals surface area (Å²) in [6, 6.07) is 4.09. The third-order valence-corrected chi connectivity index (χ3v) is 2.08. The van der Waals surface area contributed by atoms with Crippen molar-refractivity contribution >= 4 is 17.2 Å². The van der Waals surface area contributed by atoms with Crippen molar-refractivity contribution in [2.24, 2.45) is 0 Å². The number of fused-ring (bicyclic) bond motifs is 1. The van der Waals surface area contributed by atoms with E-state index >= 15 is 0 Å². The second-order valence-electron chi connectivity index (χ2n) is 2.84. The molecule has 0 spiro atoms. The lowest BCUT2D eigenvalue weighted by molar-refractivity contribution is 1.17. The van der Waals surface area contributed by atoms with Crippen molar-refractivity contribution in [2.75, 3.05) is 0 Å². The minimum Gasteiger partial charge on any atom is -0.307 e. The van der Waals surface area contributed by atoms with Crippen LogP contribution in [-0.4, -0.2) is 9.38 Å². The van der Waals surface area contributed by atoms with Crippen LogP contribution in [-0.2, 0) is 5.88 Å². The summed E-state index contributed by atoms with van der Waals surface area (Å²) >= 11 is 5.66. The molecule has 0 fully saturated rings. The number of nitrogens with zero attached hydrogens (tertiary/aromatic N) is 2. The second-order valence-corrected chi connectivity index (χ2v) is 3.10. The van der Waals surface area contributed by atoms with E-state index in [1.54, 1.807) is 0 Å². The van der Waals surface area contributed by atoms with Gasteiger partial charge >= 0.3 is 0 Å². The molecule has 0 saturated carbocycles. The Labute approximate surface area is 75.8 Å². The van der Waals surface area contributed by atoms with E-state index in [4.69, 9.17) is 11.6 Å². The minimum atomic E-state index is 0.473. The summed E-state index contributed by atoms with van der Waals surface area (Å²) in [6.07, 6.45) is 3.94. The van der Waals surface area contributed by atoms with Crippen molar-refractivity contribution in [2.45, 2.75) is 12.8 Å². The number of pyridine rings is 1. The third-order valence-electron chi connectivity index (χ3n) is 1.80. The van der Waals surface area contributed by atoms with Crippen molar-refractivity contribution in [3.05, 3.63) is 35.8 Å². The topological polar surface area (TPSA) is 17.3 Å². The zero-order chi connectivity index (χ0) is 8.55. The summed E-state index contributed by atoms with van der Waals surface area (Å²) in [4.78, 5) is 4.32. The molecule has 0 aliphatic heterocycles. The first kappa shape index (κ1) is 7.62. The van der Waals surface area contributed by atoms with Gasteiger partial charge in [-0.25, -0.2) is 4.98 Å². The van der Waals surface area contributed by atoms with Gasteiger partial charge in [0.25, 0.3) is 0 Å². The molecule has 0 unspecified atom stereocenters. The van der Waals surface area contributed by atoms with Crippen LogP contribution in [0.2, 0.25) is 0 Å². The van der Waals surface area contributed by atoms with Crippen LogP contribution in [0.15, 0.2) is 24.5 Å². The molecule has 2 aromatic rings. The molecule has 0 N–H and O–H groups in total. The Balaban J connectivity index is 2.67. The van der Waals surface area contributed by atoms with E-state index in [1.807, 2.05) is 28.9 Å². The first-order valence-electron chi connectivity index (χ1n) is 3.80. The van der Waals surface area contributed by atoms with Gasteiger partial charge in [0.1, 0.15) is 5.65 Å². The highest BCUT2D eigenvalue weighted by molar-refractivity contribution is 6.16.